The average molecular weight is 353 g/mol. The number of furan rings is 1. The lowest BCUT2D eigenvalue weighted by molar-refractivity contribution is -0.917. The Hall–Kier alpha value is -2.66. The van der Waals surface area contributed by atoms with Gasteiger partial charge in [-0.1, -0.05) is 30.3 Å². The smallest absolute Gasteiger partial charge is 0.290 e. The fraction of sp³-hybridized carbons (Fsp3) is 0.286. The Bertz CT molecular complexity index is 928. The molecule has 0 bridgehead atoms. The van der Waals surface area contributed by atoms with E-state index in [1.165, 1.54) is 22.6 Å². The van der Waals surface area contributed by atoms with Gasteiger partial charge in [0, 0.05) is 16.5 Å². The molecule has 0 spiro atoms. The van der Waals surface area contributed by atoms with Crippen molar-refractivity contribution >= 4 is 16.9 Å². The van der Waals surface area contributed by atoms with E-state index in [9.17, 15) is 9.18 Å². The predicted octanol–water partition coefficient (Wildman–Crippen LogP) is 2.42. The van der Waals surface area contributed by atoms with E-state index in [1.54, 1.807) is 6.07 Å². The third-order valence-electron chi connectivity index (χ3n) is 5.15. The van der Waals surface area contributed by atoms with Crippen molar-refractivity contribution in [1.29, 1.82) is 0 Å². The monoisotopic (exact) mass is 353 g/mol. The zero-order valence-electron chi connectivity index (χ0n) is 14.8. The number of nitrogens with one attached hydrogen (secondary N) is 1. The van der Waals surface area contributed by atoms with Gasteiger partial charge < -0.3 is 14.2 Å². The molecule has 2 heterocycles. The molecule has 0 unspecified atom stereocenters. The molecule has 5 heteroatoms. The first-order chi connectivity index (χ1) is 12.6. The molecule has 0 aliphatic carbocycles. The maximum absolute atomic E-state index is 13.5. The summed E-state index contributed by atoms with van der Waals surface area (Å²) >= 11 is 0. The number of benzene rings is 2. The number of aryl methyl sites for hydroxylation is 1. The van der Waals surface area contributed by atoms with Gasteiger partial charge in [-0.3, -0.25) is 4.79 Å². The van der Waals surface area contributed by atoms with Crippen molar-refractivity contribution in [3.8, 4) is 0 Å². The van der Waals surface area contributed by atoms with Gasteiger partial charge >= 0.3 is 0 Å². The van der Waals surface area contributed by atoms with Crippen LogP contribution in [-0.2, 0) is 6.54 Å². The fourth-order valence-corrected chi connectivity index (χ4v) is 3.63. The van der Waals surface area contributed by atoms with E-state index >= 15 is 0 Å². The minimum absolute atomic E-state index is 0.0992. The number of amides is 1. The molecule has 26 heavy (non-hydrogen) atoms. The summed E-state index contributed by atoms with van der Waals surface area (Å²) in [4.78, 5) is 16.2. The standard InChI is InChI=1S/C21H21FN2O2/c1-15-18-13-17(22)7-8-19(18)26-20(15)21(25)24-11-9-23(10-12-24)14-16-5-3-2-4-6-16/h2-8,13H,9-12,14H2,1H3/p+1. The minimum atomic E-state index is -0.321. The third-order valence-corrected chi connectivity index (χ3v) is 5.15. The zero-order chi connectivity index (χ0) is 18.1. The highest BCUT2D eigenvalue weighted by Crippen LogP contribution is 2.27. The quantitative estimate of drug-likeness (QED) is 0.785. The van der Waals surface area contributed by atoms with E-state index in [1.807, 2.05) is 17.9 Å². The molecule has 2 aromatic carbocycles. The van der Waals surface area contributed by atoms with Crippen LogP contribution in [0.3, 0.4) is 0 Å². The van der Waals surface area contributed by atoms with Gasteiger partial charge in [0.15, 0.2) is 5.76 Å². The largest absolute Gasteiger partial charge is 0.451 e. The van der Waals surface area contributed by atoms with Crippen molar-refractivity contribution in [3.63, 3.8) is 0 Å². The summed E-state index contributed by atoms with van der Waals surface area (Å²) in [5, 5.41) is 0.668. The highest BCUT2D eigenvalue weighted by atomic mass is 19.1. The Labute approximate surface area is 151 Å². The molecule has 1 aliphatic rings. The lowest BCUT2D eigenvalue weighted by Gasteiger charge is -2.31. The van der Waals surface area contributed by atoms with Crippen LogP contribution in [0.2, 0.25) is 0 Å². The van der Waals surface area contributed by atoms with Crippen molar-refractivity contribution in [3.05, 3.63) is 71.2 Å². The van der Waals surface area contributed by atoms with Crippen LogP contribution in [0, 0.1) is 12.7 Å². The van der Waals surface area contributed by atoms with Crippen molar-refractivity contribution in [2.24, 2.45) is 0 Å². The Balaban J connectivity index is 1.44. The van der Waals surface area contributed by atoms with Crippen molar-refractivity contribution in [2.75, 3.05) is 26.2 Å². The summed E-state index contributed by atoms with van der Waals surface area (Å²) in [5.41, 5.74) is 2.58. The Morgan fingerprint density at radius 2 is 1.88 bits per heavy atom. The fourth-order valence-electron chi connectivity index (χ4n) is 3.63. The van der Waals surface area contributed by atoms with E-state index in [4.69, 9.17) is 4.42 Å². The number of carbonyl (C=O) groups excluding carboxylic acids is 1. The first kappa shape index (κ1) is 16.8. The maximum atomic E-state index is 13.5. The SMILES string of the molecule is Cc1c(C(=O)N2CC[NH+](Cc3ccccc3)CC2)oc2ccc(F)cc12. The van der Waals surface area contributed by atoms with E-state index in [0.717, 1.165) is 19.6 Å². The summed E-state index contributed by atoms with van der Waals surface area (Å²) in [6.45, 7) is 6.02. The molecule has 134 valence electrons. The molecule has 1 N–H and O–H groups in total. The second-order valence-corrected chi connectivity index (χ2v) is 6.90. The van der Waals surface area contributed by atoms with E-state index in [0.29, 0.717) is 35.4 Å². The number of hydrogen-bond donors (Lipinski definition) is 1. The third kappa shape index (κ3) is 3.22. The van der Waals surface area contributed by atoms with Gasteiger partial charge in [-0.05, 0) is 25.1 Å². The van der Waals surface area contributed by atoms with Crippen LogP contribution in [0.4, 0.5) is 4.39 Å². The Kier molecular flexibility index (Phi) is 4.47. The average Bonchev–Trinajstić information content (AvgIpc) is 2.99. The molecule has 0 radical (unpaired) electrons. The summed E-state index contributed by atoms with van der Waals surface area (Å²) in [6.07, 6.45) is 0. The molecule has 1 fully saturated rings. The summed E-state index contributed by atoms with van der Waals surface area (Å²) in [7, 11) is 0. The summed E-state index contributed by atoms with van der Waals surface area (Å²) < 4.78 is 19.2. The molecule has 3 aromatic rings. The summed E-state index contributed by atoms with van der Waals surface area (Å²) in [5.74, 6) is -0.0893. The molecule has 4 nitrogen and oxygen atoms in total. The second kappa shape index (κ2) is 6.92. The number of nitrogens with zero attached hydrogens (tertiary/aromatic N) is 1. The van der Waals surface area contributed by atoms with Crippen molar-refractivity contribution < 1.29 is 18.5 Å². The molecular weight excluding hydrogens is 331 g/mol. The van der Waals surface area contributed by atoms with Crippen molar-refractivity contribution in [1.82, 2.24) is 4.90 Å². The van der Waals surface area contributed by atoms with Gasteiger partial charge in [0.1, 0.15) is 17.9 Å². The van der Waals surface area contributed by atoms with E-state index in [-0.39, 0.29) is 11.7 Å². The van der Waals surface area contributed by atoms with Gasteiger partial charge in [0.2, 0.25) is 0 Å². The van der Waals surface area contributed by atoms with E-state index in [2.05, 4.69) is 24.3 Å². The normalized spacial score (nSPS) is 15.5. The van der Waals surface area contributed by atoms with Gasteiger partial charge in [-0.2, -0.15) is 0 Å². The number of rotatable bonds is 3. The molecule has 1 amide bonds. The van der Waals surface area contributed by atoms with Crippen LogP contribution < -0.4 is 4.90 Å². The van der Waals surface area contributed by atoms with Crippen LogP contribution in [0.1, 0.15) is 21.7 Å². The topological polar surface area (TPSA) is 37.9 Å². The molecule has 0 saturated carbocycles. The predicted molar refractivity (Wildman–Crippen MR) is 97.7 cm³/mol. The van der Waals surface area contributed by atoms with Crippen molar-refractivity contribution in [2.45, 2.75) is 13.5 Å². The molecule has 4 rings (SSSR count). The van der Waals surface area contributed by atoms with Gasteiger partial charge in [0.05, 0.1) is 26.2 Å². The minimum Gasteiger partial charge on any atom is -0.451 e. The molecule has 1 aromatic heterocycles. The zero-order valence-corrected chi connectivity index (χ0v) is 14.8. The van der Waals surface area contributed by atoms with Gasteiger partial charge in [-0.15, -0.1) is 0 Å². The first-order valence-electron chi connectivity index (χ1n) is 8.97. The number of piperazine rings is 1. The highest BCUT2D eigenvalue weighted by Gasteiger charge is 2.28. The molecule has 1 saturated heterocycles. The van der Waals surface area contributed by atoms with Crippen LogP contribution in [0.5, 0.6) is 0 Å². The van der Waals surface area contributed by atoms with Gasteiger partial charge in [0.25, 0.3) is 5.91 Å². The van der Waals surface area contributed by atoms with Crippen LogP contribution in [-0.4, -0.2) is 37.0 Å². The maximum Gasteiger partial charge on any atom is 0.290 e. The lowest BCUT2D eigenvalue weighted by atomic mass is 10.1. The van der Waals surface area contributed by atoms with Crippen LogP contribution >= 0.6 is 0 Å². The summed E-state index contributed by atoms with van der Waals surface area (Å²) in [6, 6.07) is 14.8. The Morgan fingerprint density at radius 1 is 1.15 bits per heavy atom. The second-order valence-electron chi connectivity index (χ2n) is 6.90. The van der Waals surface area contributed by atoms with E-state index < -0.39 is 0 Å². The van der Waals surface area contributed by atoms with Crippen LogP contribution in [0.25, 0.3) is 11.0 Å². The first-order valence-corrected chi connectivity index (χ1v) is 8.97. The number of carbonyl (C=O) groups is 1. The Morgan fingerprint density at radius 3 is 2.62 bits per heavy atom. The van der Waals surface area contributed by atoms with Crippen LogP contribution in [0.15, 0.2) is 52.9 Å². The highest BCUT2D eigenvalue weighted by molar-refractivity contribution is 5.99. The number of halogens is 1. The number of hydrogen-bond acceptors (Lipinski definition) is 2. The molecule has 0 atom stereocenters. The number of fused-ring (bicyclic) bond motifs is 1. The molecular formula is C21H22FN2O2+. The number of quaternary nitrogens is 1. The molecule has 1 aliphatic heterocycles. The van der Waals surface area contributed by atoms with Gasteiger partial charge in [-0.25, -0.2) is 4.39 Å². The lowest BCUT2D eigenvalue weighted by Crippen LogP contribution is -3.13.